The number of nitrogens with zero attached hydrogens (tertiary/aromatic N) is 4. The van der Waals surface area contributed by atoms with Crippen LogP contribution in [0.15, 0.2) is 30.7 Å². The predicted octanol–water partition coefficient (Wildman–Crippen LogP) is 0.808. The van der Waals surface area contributed by atoms with Crippen LogP contribution in [0.1, 0.15) is 23.7 Å². The molecule has 0 unspecified atom stereocenters. The van der Waals surface area contributed by atoms with Crippen molar-refractivity contribution in [3.63, 3.8) is 0 Å². The number of aliphatic hydroxyl groups is 1. The number of pyridine rings is 1. The van der Waals surface area contributed by atoms with Crippen LogP contribution in [-0.2, 0) is 6.54 Å². The van der Waals surface area contributed by atoms with Crippen molar-refractivity contribution in [1.29, 1.82) is 0 Å². The van der Waals surface area contributed by atoms with E-state index in [2.05, 4.69) is 15.4 Å². The lowest BCUT2D eigenvalue weighted by molar-refractivity contribution is 0.0575. The van der Waals surface area contributed by atoms with Crippen molar-refractivity contribution in [2.24, 2.45) is 0 Å². The zero-order valence-electron chi connectivity index (χ0n) is 13.4. The summed E-state index contributed by atoms with van der Waals surface area (Å²) >= 11 is 0. The summed E-state index contributed by atoms with van der Waals surface area (Å²) < 4.78 is 14.6. The first kappa shape index (κ1) is 16.4. The van der Waals surface area contributed by atoms with Gasteiger partial charge >= 0.3 is 0 Å². The minimum atomic E-state index is -1.04. The third-order valence-corrected chi connectivity index (χ3v) is 4.17. The number of hydrogen-bond donors (Lipinski definition) is 2. The first-order valence-electron chi connectivity index (χ1n) is 7.89. The number of aromatic nitrogens is 3. The van der Waals surface area contributed by atoms with Crippen molar-refractivity contribution in [2.75, 3.05) is 24.5 Å². The molecule has 0 aromatic carbocycles. The van der Waals surface area contributed by atoms with Crippen LogP contribution >= 0.6 is 0 Å². The van der Waals surface area contributed by atoms with E-state index in [1.807, 2.05) is 11.8 Å². The number of aryl methyl sites for hydroxylation is 1. The summed E-state index contributed by atoms with van der Waals surface area (Å²) in [5.41, 5.74) is -0.567. The molecule has 128 valence electrons. The van der Waals surface area contributed by atoms with E-state index in [0.29, 0.717) is 37.4 Å². The Labute approximate surface area is 139 Å². The van der Waals surface area contributed by atoms with Gasteiger partial charge in [-0.2, -0.15) is 5.10 Å². The average Bonchev–Trinajstić information content (AvgIpc) is 3.21. The van der Waals surface area contributed by atoms with Crippen molar-refractivity contribution < 1.29 is 14.3 Å². The quantitative estimate of drug-likeness (QED) is 0.846. The minimum Gasteiger partial charge on any atom is -0.386 e. The molecule has 0 spiro atoms. The van der Waals surface area contributed by atoms with Gasteiger partial charge in [0.15, 0.2) is 0 Å². The van der Waals surface area contributed by atoms with E-state index >= 15 is 0 Å². The minimum absolute atomic E-state index is 0.140. The maximum atomic E-state index is 12.9. The molecule has 8 heteroatoms. The Kier molecular flexibility index (Phi) is 4.48. The molecule has 0 bridgehead atoms. The van der Waals surface area contributed by atoms with Crippen molar-refractivity contribution in [1.82, 2.24) is 20.1 Å². The van der Waals surface area contributed by atoms with Crippen LogP contribution in [0, 0.1) is 5.82 Å². The normalized spacial score (nSPS) is 20.4. The van der Waals surface area contributed by atoms with E-state index < -0.39 is 11.4 Å². The van der Waals surface area contributed by atoms with Gasteiger partial charge in [0, 0.05) is 32.4 Å². The summed E-state index contributed by atoms with van der Waals surface area (Å²) in [7, 11) is 0. The number of rotatable bonds is 5. The number of anilines is 1. The lowest BCUT2D eigenvalue weighted by Gasteiger charge is -2.24. The third-order valence-electron chi connectivity index (χ3n) is 4.17. The fourth-order valence-corrected chi connectivity index (χ4v) is 2.75. The van der Waals surface area contributed by atoms with Gasteiger partial charge in [-0.15, -0.1) is 0 Å². The van der Waals surface area contributed by atoms with Crippen LogP contribution in [-0.4, -0.2) is 51.0 Å². The molecule has 0 radical (unpaired) electrons. The second kappa shape index (κ2) is 6.56. The molecule has 0 aliphatic carbocycles. The van der Waals surface area contributed by atoms with Gasteiger partial charge in [-0.1, -0.05) is 0 Å². The number of halogens is 1. The van der Waals surface area contributed by atoms with Gasteiger partial charge in [0.1, 0.15) is 17.2 Å². The van der Waals surface area contributed by atoms with E-state index in [1.54, 1.807) is 16.9 Å². The summed E-state index contributed by atoms with van der Waals surface area (Å²) in [4.78, 5) is 18.0. The molecule has 7 nitrogen and oxygen atoms in total. The van der Waals surface area contributed by atoms with E-state index in [0.717, 1.165) is 6.20 Å². The Morgan fingerprint density at radius 1 is 1.46 bits per heavy atom. The SMILES string of the molecule is CCn1cc(C(=O)NC[C@]2(O)CCN(c3ccc(F)cn3)C2)cn1. The zero-order valence-corrected chi connectivity index (χ0v) is 13.4. The van der Waals surface area contributed by atoms with E-state index in [-0.39, 0.29) is 12.5 Å². The zero-order chi connectivity index (χ0) is 17.2. The van der Waals surface area contributed by atoms with E-state index in [1.165, 1.54) is 12.3 Å². The van der Waals surface area contributed by atoms with Crippen LogP contribution in [0.25, 0.3) is 0 Å². The average molecular weight is 333 g/mol. The van der Waals surface area contributed by atoms with E-state index in [9.17, 15) is 14.3 Å². The molecule has 2 aromatic rings. The van der Waals surface area contributed by atoms with Gasteiger partial charge in [0.25, 0.3) is 5.91 Å². The molecule has 2 N–H and O–H groups in total. The second-order valence-corrected chi connectivity index (χ2v) is 6.00. The Hall–Kier alpha value is -2.48. The Bertz CT molecular complexity index is 718. The molecule has 0 saturated carbocycles. The van der Waals surface area contributed by atoms with Gasteiger partial charge in [-0.25, -0.2) is 9.37 Å². The van der Waals surface area contributed by atoms with Gasteiger partial charge in [0.2, 0.25) is 0 Å². The highest BCUT2D eigenvalue weighted by Crippen LogP contribution is 2.25. The van der Waals surface area contributed by atoms with Crippen LogP contribution < -0.4 is 10.2 Å². The highest BCUT2D eigenvalue weighted by molar-refractivity contribution is 5.93. The van der Waals surface area contributed by atoms with Crippen LogP contribution in [0.5, 0.6) is 0 Å². The summed E-state index contributed by atoms with van der Waals surface area (Å²) in [6.45, 7) is 3.70. The largest absolute Gasteiger partial charge is 0.386 e. The molecule has 2 aromatic heterocycles. The molecule has 3 rings (SSSR count). The van der Waals surface area contributed by atoms with Crippen molar-refractivity contribution in [3.05, 3.63) is 42.1 Å². The highest BCUT2D eigenvalue weighted by Gasteiger charge is 2.37. The number of amides is 1. The summed E-state index contributed by atoms with van der Waals surface area (Å²) in [6.07, 6.45) is 4.83. The topological polar surface area (TPSA) is 83.3 Å². The number of carbonyl (C=O) groups excluding carboxylic acids is 1. The first-order chi connectivity index (χ1) is 11.5. The fourth-order valence-electron chi connectivity index (χ4n) is 2.75. The van der Waals surface area contributed by atoms with Crippen LogP contribution in [0.3, 0.4) is 0 Å². The number of β-amino-alcohol motifs (C(OH)–C–C–N with tert-alkyl or cyclic N) is 1. The molecule has 1 aliphatic rings. The second-order valence-electron chi connectivity index (χ2n) is 6.00. The smallest absolute Gasteiger partial charge is 0.254 e. The number of nitrogens with one attached hydrogen (secondary N) is 1. The molecular formula is C16H20FN5O2. The lowest BCUT2D eigenvalue weighted by Crippen LogP contribution is -2.45. The third kappa shape index (κ3) is 3.53. The van der Waals surface area contributed by atoms with Crippen LogP contribution in [0.4, 0.5) is 10.2 Å². The number of hydrogen-bond acceptors (Lipinski definition) is 5. The Morgan fingerprint density at radius 2 is 2.29 bits per heavy atom. The van der Waals surface area contributed by atoms with Gasteiger partial charge in [-0.05, 0) is 25.5 Å². The Balaban J connectivity index is 1.57. The molecule has 1 atom stereocenters. The van der Waals surface area contributed by atoms with Crippen LogP contribution in [0.2, 0.25) is 0 Å². The molecular weight excluding hydrogens is 313 g/mol. The maximum Gasteiger partial charge on any atom is 0.254 e. The lowest BCUT2D eigenvalue weighted by atomic mass is 10.0. The summed E-state index contributed by atoms with van der Waals surface area (Å²) in [6, 6.07) is 2.92. The van der Waals surface area contributed by atoms with Gasteiger partial charge < -0.3 is 15.3 Å². The molecule has 3 heterocycles. The predicted molar refractivity (Wildman–Crippen MR) is 86.2 cm³/mol. The standard InChI is InChI=1S/C16H20FN5O2/c1-2-22-9-12(7-20-22)15(23)19-10-16(24)5-6-21(11-16)14-4-3-13(17)8-18-14/h3-4,7-9,24H,2,5-6,10-11H2,1H3,(H,19,23)/t16-/m1/s1. The molecule has 24 heavy (non-hydrogen) atoms. The molecule has 1 saturated heterocycles. The van der Waals surface area contributed by atoms with E-state index in [4.69, 9.17) is 0 Å². The summed E-state index contributed by atoms with van der Waals surface area (Å²) in [5, 5.41) is 17.5. The molecule has 1 aliphatic heterocycles. The summed E-state index contributed by atoms with van der Waals surface area (Å²) in [5.74, 6) is -0.0440. The van der Waals surface area contributed by atoms with Crippen molar-refractivity contribution in [2.45, 2.75) is 25.5 Å². The molecule has 1 amide bonds. The first-order valence-corrected chi connectivity index (χ1v) is 7.89. The fraction of sp³-hybridized carbons (Fsp3) is 0.438. The van der Waals surface area contributed by atoms with Gasteiger partial charge in [-0.3, -0.25) is 9.48 Å². The monoisotopic (exact) mass is 333 g/mol. The van der Waals surface area contributed by atoms with Crippen molar-refractivity contribution in [3.8, 4) is 0 Å². The maximum absolute atomic E-state index is 12.9. The highest BCUT2D eigenvalue weighted by atomic mass is 19.1. The van der Waals surface area contributed by atoms with Gasteiger partial charge in [0.05, 0.1) is 18.0 Å². The Morgan fingerprint density at radius 3 is 2.96 bits per heavy atom. The van der Waals surface area contributed by atoms with Crippen molar-refractivity contribution >= 4 is 11.7 Å². The number of carbonyl (C=O) groups is 1. The molecule has 1 fully saturated rings.